The second-order valence-corrected chi connectivity index (χ2v) is 4.40. The number of nitrogens with one attached hydrogen (secondary N) is 1. The van der Waals surface area contributed by atoms with Crippen LogP contribution in [0.5, 0.6) is 0 Å². The van der Waals surface area contributed by atoms with Gasteiger partial charge in [-0.2, -0.15) is 5.10 Å². The molecule has 6 nitrogen and oxygen atoms in total. The molecule has 0 spiro atoms. The Kier molecular flexibility index (Phi) is 4.16. The van der Waals surface area contributed by atoms with Crippen LogP contribution in [0.15, 0.2) is 38.5 Å². The predicted octanol–water partition coefficient (Wildman–Crippen LogP) is 1.20. The smallest absolute Gasteiger partial charge is 0.283 e. The number of nitrogens with zero attached hydrogens (tertiary/aromatic N) is 2. The molecule has 0 aliphatic rings. The van der Waals surface area contributed by atoms with Gasteiger partial charge in [0.25, 0.3) is 5.56 Å². The van der Waals surface area contributed by atoms with Crippen molar-refractivity contribution < 1.29 is 9.52 Å². The largest absolute Gasteiger partial charge is 0.472 e. The Morgan fingerprint density at radius 2 is 2.39 bits per heavy atom. The molecular weight excluding hydrogens is 302 g/mol. The quantitative estimate of drug-likeness (QED) is 0.867. The van der Waals surface area contributed by atoms with Crippen molar-refractivity contribution in [2.24, 2.45) is 0 Å². The summed E-state index contributed by atoms with van der Waals surface area (Å²) >= 11 is 3.22. The van der Waals surface area contributed by atoms with E-state index in [1.165, 1.54) is 4.68 Å². The Morgan fingerprint density at radius 1 is 1.56 bits per heavy atom. The highest BCUT2D eigenvalue weighted by atomic mass is 79.9. The normalized spacial score (nSPS) is 10.6. The van der Waals surface area contributed by atoms with Gasteiger partial charge >= 0.3 is 0 Å². The highest BCUT2D eigenvalue weighted by molar-refractivity contribution is 9.10. The lowest BCUT2D eigenvalue weighted by Crippen LogP contribution is -2.25. The number of anilines is 1. The third-order valence-corrected chi connectivity index (χ3v) is 3.13. The van der Waals surface area contributed by atoms with Crippen LogP contribution in [-0.2, 0) is 13.1 Å². The van der Waals surface area contributed by atoms with Gasteiger partial charge in [0, 0.05) is 12.1 Å². The summed E-state index contributed by atoms with van der Waals surface area (Å²) in [5.41, 5.74) is 1.30. The van der Waals surface area contributed by atoms with Crippen LogP contribution < -0.4 is 10.9 Å². The number of aliphatic hydroxyl groups excluding tert-OH is 1. The van der Waals surface area contributed by atoms with Gasteiger partial charge in [-0.3, -0.25) is 4.79 Å². The van der Waals surface area contributed by atoms with Crippen LogP contribution in [-0.4, -0.2) is 21.5 Å². The molecule has 0 bridgehead atoms. The molecule has 0 radical (unpaired) electrons. The predicted molar refractivity (Wildman–Crippen MR) is 69.3 cm³/mol. The Bertz CT molecular complexity index is 565. The van der Waals surface area contributed by atoms with E-state index in [4.69, 9.17) is 9.52 Å². The van der Waals surface area contributed by atoms with E-state index in [0.717, 1.165) is 5.56 Å². The first-order valence-electron chi connectivity index (χ1n) is 5.34. The van der Waals surface area contributed by atoms with E-state index in [0.29, 0.717) is 16.7 Å². The van der Waals surface area contributed by atoms with E-state index in [9.17, 15) is 4.79 Å². The average Bonchev–Trinajstić information content (AvgIpc) is 2.87. The van der Waals surface area contributed by atoms with Crippen LogP contribution in [0, 0.1) is 0 Å². The van der Waals surface area contributed by atoms with E-state index in [1.807, 2.05) is 6.07 Å². The SMILES string of the molecule is O=c1c(Br)c(NCc2ccoc2)cnn1CCO. The molecule has 2 heterocycles. The minimum atomic E-state index is -0.277. The fraction of sp³-hybridized carbons (Fsp3) is 0.273. The number of hydrogen-bond acceptors (Lipinski definition) is 5. The van der Waals surface area contributed by atoms with E-state index < -0.39 is 0 Å². The van der Waals surface area contributed by atoms with Gasteiger partial charge in [-0.25, -0.2) is 4.68 Å². The Morgan fingerprint density at radius 3 is 3.06 bits per heavy atom. The lowest BCUT2D eigenvalue weighted by molar-refractivity contribution is 0.266. The highest BCUT2D eigenvalue weighted by Crippen LogP contribution is 2.17. The molecule has 0 fully saturated rings. The molecule has 2 rings (SSSR count). The molecule has 0 unspecified atom stereocenters. The van der Waals surface area contributed by atoms with Crippen LogP contribution in [0.25, 0.3) is 0 Å². The monoisotopic (exact) mass is 313 g/mol. The van der Waals surface area contributed by atoms with E-state index in [1.54, 1.807) is 18.7 Å². The van der Waals surface area contributed by atoms with Crippen molar-refractivity contribution in [3.8, 4) is 0 Å². The van der Waals surface area contributed by atoms with Crippen LogP contribution in [0.3, 0.4) is 0 Å². The van der Waals surface area contributed by atoms with E-state index >= 15 is 0 Å². The Labute approximate surface area is 111 Å². The molecule has 0 saturated carbocycles. The minimum absolute atomic E-state index is 0.124. The fourth-order valence-corrected chi connectivity index (χ4v) is 1.88. The first kappa shape index (κ1) is 12.8. The first-order chi connectivity index (χ1) is 8.72. The lowest BCUT2D eigenvalue weighted by atomic mass is 10.3. The second-order valence-electron chi connectivity index (χ2n) is 3.61. The van der Waals surface area contributed by atoms with Crippen LogP contribution in [0.4, 0.5) is 5.69 Å². The summed E-state index contributed by atoms with van der Waals surface area (Å²) in [5.74, 6) is 0. The van der Waals surface area contributed by atoms with Crippen LogP contribution in [0.1, 0.15) is 5.56 Å². The second kappa shape index (κ2) is 5.83. The standard InChI is InChI=1S/C11H12BrN3O3/c12-10-9(13-5-8-1-4-18-7-8)6-14-15(2-3-16)11(10)17/h1,4,6-7,13,16H,2-3,5H2. The maximum atomic E-state index is 11.8. The fourth-order valence-electron chi connectivity index (χ4n) is 1.43. The van der Waals surface area contributed by atoms with E-state index in [-0.39, 0.29) is 18.7 Å². The van der Waals surface area contributed by atoms with Crippen molar-refractivity contribution >= 4 is 21.6 Å². The zero-order valence-corrected chi connectivity index (χ0v) is 11.1. The number of aromatic nitrogens is 2. The molecule has 0 saturated heterocycles. The molecule has 2 aromatic heterocycles. The molecule has 18 heavy (non-hydrogen) atoms. The van der Waals surface area contributed by atoms with Gasteiger partial charge < -0.3 is 14.8 Å². The minimum Gasteiger partial charge on any atom is -0.472 e. The Hall–Kier alpha value is -1.60. The first-order valence-corrected chi connectivity index (χ1v) is 6.13. The van der Waals surface area contributed by atoms with Crippen molar-refractivity contribution in [1.82, 2.24) is 9.78 Å². The zero-order valence-electron chi connectivity index (χ0n) is 9.47. The molecule has 0 amide bonds. The summed E-state index contributed by atoms with van der Waals surface area (Å²) < 4.78 is 6.55. The van der Waals surface area contributed by atoms with Gasteiger partial charge in [0.15, 0.2) is 0 Å². The van der Waals surface area contributed by atoms with Gasteiger partial charge in [-0.05, 0) is 22.0 Å². The van der Waals surface area contributed by atoms with Gasteiger partial charge in [0.05, 0.1) is 37.6 Å². The third kappa shape index (κ3) is 2.80. The summed E-state index contributed by atoms with van der Waals surface area (Å²) in [6.45, 7) is 0.598. The number of rotatable bonds is 5. The molecule has 7 heteroatoms. The Balaban J connectivity index is 2.14. The molecule has 0 aromatic carbocycles. The van der Waals surface area contributed by atoms with Crippen LogP contribution in [0.2, 0.25) is 0 Å². The summed E-state index contributed by atoms with van der Waals surface area (Å²) in [5, 5.41) is 15.8. The maximum Gasteiger partial charge on any atom is 0.283 e. The van der Waals surface area contributed by atoms with Crippen molar-refractivity contribution in [1.29, 1.82) is 0 Å². The topological polar surface area (TPSA) is 80.3 Å². The molecule has 0 atom stereocenters. The number of hydrogen-bond donors (Lipinski definition) is 2. The highest BCUT2D eigenvalue weighted by Gasteiger charge is 2.08. The van der Waals surface area contributed by atoms with Crippen molar-refractivity contribution in [2.75, 3.05) is 11.9 Å². The summed E-state index contributed by atoms with van der Waals surface area (Å²) in [4.78, 5) is 11.8. The molecule has 2 aromatic rings. The number of aliphatic hydroxyl groups is 1. The molecule has 2 N–H and O–H groups in total. The van der Waals surface area contributed by atoms with Gasteiger partial charge in [0.2, 0.25) is 0 Å². The molecule has 0 aliphatic heterocycles. The molecule has 96 valence electrons. The molecule has 0 aliphatic carbocycles. The summed E-state index contributed by atoms with van der Waals surface area (Å²) in [7, 11) is 0. The average molecular weight is 314 g/mol. The lowest BCUT2D eigenvalue weighted by Gasteiger charge is -2.08. The van der Waals surface area contributed by atoms with Crippen LogP contribution >= 0.6 is 15.9 Å². The third-order valence-electron chi connectivity index (χ3n) is 2.36. The van der Waals surface area contributed by atoms with Crippen molar-refractivity contribution in [3.63, 3.8) is 0 Å². The van der Waals surface area contributed by atoms with Crippen molar-refractivity contribution in [2.45, 2.75) is 13.1 Å². The summed E-state index contributed by atoms with van der Waals surface area (Å²) in [6, 6.07) is 1.83. The zero-order chi connectivity index (χ0) is 13.0. The van der Waals surface area contributed by atoms with Gasteiger partial charge in [-0.15, -0.1) is 0 Å². The van der Waals surface area contributed by atoms with Gasteiger partial charge in [-0.1, -0.05) is 0 Å². The summed E-state index contributed by atoms with van der Waals surface area (Å²) in [6.07, 6.45) is 4.76. The van der Waals surface area contributed by atoms with Crippen molar-refractivity contribution in [3.05, 3.63) is 45.2 Å². The molecular formula is C11H12BrN3O3. The van der Waals surface area contributed by atoms with Gasteiger partial charge in [0.1, 0.15) is 4.47 Å². The van der Waals surface area contributed by atoms with E-state index in [2.05, 4.69) is 26.3 Å². The number of halogens is 1. The maximum absolute atomic E-state index is 11.8. The number of furan rings is 1.